The maximum Gasteiger partial charge on any atom is 0.305 e. The summed E-state index contributed by atoms with van der Waals surface area (Å²) in [7, 11) is 0. The van der Waals surface area contributed by atoms with Gasteiger partial charge in [0.25, 0.3) is 0 Å². The fourth-order valence-corrected chi connectivity index (χ4v) is 6.86. The Kier molecular flexibility index (Phi) is 41.7. The van der Waals surface area contributed by atoms with Gasteiger partial charge in [-0.3, -0.25) is 9.59 Å². The Morgan fingerprint density at radius 2 is 0.887 bits per heavy atom. The maximum absolute atomic E-state index is 12.3. The van der Waals surface area contributed by atoms with E-state index < -0.39 is 12.1 Å². The van der Waals surface area contributed by atoms with Crippen molar-refractivity contribution in [1.82, 2.24) is 5.32 Å². The highest BCUT2D eigenvalue weighted by molar-refractivity contribution is 5.76. The number of hydrogen-bond donors (Lipinski definition) is 3. The van der Waals surface area contributed by atoms with Crippen molar-refractivity contribution in [2.24, 2.45) is 0 Å². The third-order valence-corrected chi connectivity index (χ3v) is 10.5. The van der Waals surface area contributed by atoms with Gasteiger partial charge in [-0.1, -0.05) is 186 Å². The number of esters is 1. The maximum atomic E-state index is 12.3. The number of ether oxygens (including phenoxy) is 1. The number of aliphatic hydroxyl groups is 2. The average molecular weight is 748 g/mol. The number of nitrogens with one attached hydrogen (secondary N) is 1. The molecule has 1 amide bonds. The number of carbonyl (C=O) groups excluding carboxylic acids is 2. The molecule has 0 aromatic carbocycles. The molecule has 2 atom stereocenters. The standard InChI is InChI=1S/C47H89NO5/c1-3-5-7-9-11-13-14-15-16-17-21-25-29-33-37-41-47(52)53-42-38-34-30-26-22-19-18-20-24-28-32-36-40-46(51)48-44(43-49)45(50)39-35-31-27-23-12-10-8-6-4-2/h19,22,35,39,44-45,49-50H,3-18,20-21,23-34,36-38,40-43H2,1-2H3,(H,48,51)/b22-19-,39-35+. The predicted molar refractivity (Wildman–Crippen MR) is 227 cm³/mol. The Balaban J connectivity index is 3.50. The summed E-state index contributed by atoms with van der Waals surface area (Å²) in [5.74, 6) is -0.120. The molecular weight excluding hydrogens is 659 g/mol. The van der Waals surface area contributed by atoms with Gasteiger partial charge in [-0.25, -0.2) is 0 Å². The minimum atomic E-state index is -0.857. The van der Waals surface area contributed by atoms with Crippen molar-refractivity contribution in [2.75, 3.05) is 13.2 Å². The molecule has 6 nitrogen and oxygen atoms in total. The summed E-state index contributed by atoms with van der Waals surface area (Å²) < 4.78 is 5.44. The quantitative estimate of drug-likeness (QED) is 0.0328. The molecule has 0 aliphatic carbocycles. The van der Waals surface area contributed by atoms with Crippen molar-refractivity contribution < 1.29 is 24.5 Å². The van der Waals surface area contributed by atoms with Gasteiger partial charge in [0.1, 0.15) is 0 Å². The molecule has 0 aromatic heterocycles. The van der Waals surface area contributed by atoms with Crippen LogP contribution in [-0.4, -0.2) is 47.4 Å². The Bertz CT molecular complexity index is 828. The van der Waals surface area contributed by atoms with Gasteiger partial charge in [0.2, 0.25) is 5.91 Å². The van der Waals surface area contributed by atoms with Gasteiger partial charge in [-0.2, -0.15) is 0 Å². The van der Waals surface area contributed by atoms with Crippen LogP contribution in [0, 0.1) is 0 Å². The van der Waals surface area contributed by atoms with E-state index in [1.165, 1.54) is 128 Å². The molecule has 0 radical (unpaired) electrons. The number of carbonyl (C=O) groups is 2. The summed E-state index contributed by atoms with van der Waals surface area (Å²) in [6.07, 6.45) is 48.9. The topological polar surface area (TPSA) is 95.9 Å². The van der Waals surface area contributed by atoms with Gasteiger partial charge in [0.05, 0.1) is 25.4 Å². The minimum absolute atomic E-state index is 0.0227. The van der Waals surface area contributed by atoms with Crippen LogP contribution in [0.2, 0.25) is 0 Å². The van der Waals surface area contributed by atoms with E-state index in [4.69, 9.17) is 4.74 Å². The summed E-state index contributed by atoms with van der Waals surface area (Å²) in [5, 5.41) is 22.8. The third kappa shape index (κ3) is 39.8. The van der Waals surface area contributed by atoms with Crippen LogP contribution in [0.4, 0.5) is 0 Å². The summed E-state index contributed by atoms with van der Waals surface area (Å²) in [6, 6.07) is -0.643. The molecule has 0 aliphatic heterocycles. The van der Waals surface area contributed by atoms with Gasteiger partial charge in [-0.15, -0.1) is 0 Å². The summed E-state index contributed by atoms with van der Waals surface area (Å²) in [4.78, 5) is 24.3. The highest BCUT2D eigenvalue weighted by Gasteiger charge is 2.18. The van der Waals surface area contributed by atoms with Crippen LogP contribution in [0.25, 0.3) is 0 Å². The monoisotopic (exact) mass is 748 g/mol. The molecular formula is C47H89NO5. The molecule has 0 aliphatic rings. The number of allylic oxidation sites excluding steroid dienone is 3. The minimum Gasteiger partial charge on any atom is -0.466 e. The van der Waals surface area contributed by atoms with E-state index in [1.807, 2.05) is 6.08 Å². The molecule has 3 N–H and O–H groups in total. The molecule has 0 aromatic rings. The van der Waals surface area contributed by atoms with Gasteiger partial charge in [0.15, 0.2) is 0 Å². The van der Waals surface area contributed by atoms with E-state index >= 15 is 0 Å². The number of unbranched alkanes of at least 4 members (excludes halogenated alkanes) is 29. The molecule has 0 saturated heterocycles. The lowest BCUT2D eigenvalue weighted by Crippen LogP contribution is -2.45. The number of aliphatic hydroxyl groups excluding tert-OH is 2. The van der Waals surface area contributed by atoms with Crippen molar-refractivity contribution in [1.29, 1.82) is 0 Å². The molecule has 0 rings (SSSR count). The lowest BCUT2D eigenvalue weighted by atomic mass is 10.0. The molecule has 2 unspecified atom stereocenters. The summed E-state index contributed by atoms with van der Waals surface area (Å²) in [5.41, 5.74) is 0. The number of rotatable bonds is 42. The highest BCUT2D eigenvalue weighted by Crippen LogP contribution is 2.15. The van der Waals surface area contributed by atoms with E-state index in [1.54, 1.807) is 6.08 Å². The van der Waals surface area contributed by atoms with Crippen molar-refractivity contribution in [3.05, 3.63) is 24.3 Å². The zero-order chi connectivity index (χ0) is 38.7. The molecule has 0 fully saturated rings. The lowest BCUT2D eigenvalue weighted by Gasteiger charge is -2.20. The number of amides is 1. The molecule has 0 heterocycles. The predicted octanol–water partition coefficient (Wildman–Crippen LogP) is 13.2. The lowest BCUT2D eigenvalue weighted by molar-refractivity contribution is -0.143. The Morgan fingerprint density at radius 1 is 0.509 bits per heavy atom. The Labute approximate surface area is 329 Å². The molecule has 0 saturated carbocycles. The first-order valence-electron chi connectivity index (χ1n) is 23.1. The molecule has 6 heteroatoms. The van der Waals surface area contributed by atoms with E-state index in [0.717, 1.165) is 83.5 Å². The Hall–Kier alpha value is -1.66. The zero-order valence-corrected chi connectivity index (χ0v) is 35.2. The van der Waals surface area contributed by atoms with Crippen molar-refractivity contribution in [3.8, 4) is 0 Å². The molecule has 0 bridgehead atoms. The van der Waals surface area contributed by atoms with Gasteiger partial charge in [-0.05, 0) is 64.2 Å². The van der Waals surface area contributed by atoms with E-state index in [-0.39, 0.29) is 18.5 Å². The van der Waals surface area contributed by atoms with Crippen molar-refractivity contribution >= 4 is 11.9 Å². The third-order valence-electron chi connectivity index (χ3n) is 10.5. The van der Waals surface area contributed by atoms with Gasteiger partial charge < -0.3 is 20.3 Å². The first-order valence-corrected chi connectivity index (χ1v) is 23.1. The van der Waals surface area contributed by atoms with Crippen molar-refractivity contribution in [3.63, 3.8) is 0 Å². The van der Waals surface area contributed by atoms with Crippen LogP contribution >= 0.6 is 0 Å². The summed E-state index contributed by atoms with van der Waals surface area (Å²) >= 11 is 0. The fourth-order valence-electron chi connectivity index (χ4n) is 6.86. The van der Waals surface area contributed by atoms with Crippen LogP contribution in [-0.2, 0) is 14.3 Å². The second-order valence-electron chi connectivity index (χ2n) is 15.7. The first kappa shape index (κ1) is 51.3. The van der Waals surface area contributed by atoms with E-state index in [0.29, 0.717) is 19.4 Å². The zero-order valence-electron chi connectivity index (χ0n) is 35.2. The van der Waals surface area contributed by atoms with Crippen molar-refractivity contribution in [2.45, 2.75) is 251 Å². The van der Waals surface area contributed by atoms with Gasteiger partial charge >= 0.3 is 5.97 Å². The first-order chi connectivity index (χ1) is 26.0. The average Bonchev–Trinajstić information content (AvgIpc) is 3.16. The van der Waals surface area contributed by atoms with Crippen LogP contribution in [0.5, 0.6) is 0 Å². The fraction of sp³-hybridized carbons (Fsp3) is 0.872. The van der Waals surface area contributed by atoms with Crippen LogP contribution in [0.3, 0.4) is 0 Å². The van der Waals surface area contributed by atoms with E-state index in [9.17, 15) is 19.8 Å². The second-order valence-corrected chi connectivity index (χ2v) is 15.7. The van der Waals surface area contributed by atoms with E-state index in [2.05, 4.69) is 31.3 Å². The number of hydrogen-bond acceptors (Lipinski definition) is 5. The molecule has 312 valence electrons. The van der Waals surface area contributed by atoms with Crippen LogP contribution in [0.1, 0.15) is 239 Å². The smallest absolute Gasteiger partial charge is 0.305 e. The van der Waals surface area contributed by atoms with Gasteiger partial charge in [0, 0.05) is 12.8 Å². The summed E-state index contributed by atoms with van der Waals surface area (Å²) in [6.45, 7) is 4.80. The SMILES string of the molecule is CCCCCCCCC/C=C/C(O)C(CO)NC(=O)CCCCCCC/C=C\CCCCCOC(=O)CCCCCCCCCCCCCCCCC. The largest absolute Gasteiger partial charge is 0.466 e. The van der Waals surface area contributed by atoms with Crippen LogP contribution in [0.15, 0.2) is 24.3 Å². The van der Waals surface area contributed by atoms with Crippen LogP contribution < -0.4 is 5.32 Å². The second kappa shape index (κ2) is 43.1. The Morgan fingerprint density at radius 3 is 1.34 bits per heavy atom. The molecule has 0 spiro atoms. The normalized spacial score (nSPS) is 12.9. The molecule has 53 heavy (non-hydrogen) atoms. The highest BCUT2D eigenvalue weighted by atomic mass is 16.5.